The maximum absolute atomic E-state index is 13.2. The lowest BCUT2D eigenvalue weighted by molar-refractivity contribution is -0.113. The zero-order chi connectivity index (χ0) is 25.8. The van der Waals surface area contributed by atoms with Crippen molar-refractivity contribution in [3.8, 4) is 11.5 Å². The van der Waals surface area contributed by atoms with Gasteiger partial charge in [0.15, 0.2) is 15.8 Å². The molecule has 0 radical (unpaired) electrons. The average Bonchev–Trinajstić information content (AvgIpc) is 3.12. The molecule has 0 saturated carbocycles. The largest absolute Gasteiger partial charge is 0.490 e. The maximum atomic E-state index is 13.2. The quantitative estimate of drug-likeness (QED) is 0.203. The van der Waals surface area contributed by atoms with Crippen molar-refractivity contribution in [2.24, 2.45) is 0 Å². The Morgan fingerprint density at radius 2 is 1.86 bits per heavy atom. The first-order chi connectivity index (χ1) is 17.3. The number of ether oxygens (including phenoxy) is 2. The van der Waals surface area contributed by atoms with E-state index in [0.717, 1.165) is 27.4 Å². The molecule has 1 N–H and O–H groups in total. The van der Waals surface area contributed by atoms with Gasteiger partial charge in [0.2, 0.25) is 0 Å². The van der Waals surface area contributed by atoms with Crippen LogP contribution in [0, 0.1) is 0 Å². The zero-order valence-corrected chi connectivity index (χ0v) is 23.7. The van der Waals surface area contributed by atoms with Crippen LogP contribution in [0.1, 0.15) is 28.4 Å². The van der Waals surface area contributed by atoms with E-state index in [0.29, 0.717) is 44.1 Å². The van der Waals surface area contributed by atoms with Gasteiger partial charge >= 0.3 is 5.97 Å². The van der Waals surface area contributed by atoms with Gasteiger partial charge in [0, 0.05) is 4.47 Å². The second-order valence-corrected chi connectivity index (χ2v) is 11.0. The SMILES string of the molecule is CCOc1cc(/C=C2/SC(=S)N(c3cccc(C(=O)O)c3)C2=O)cc(Br)c1OCc1ccc(Br)cc1. The number of thiocarbonyl (C=S) groups is 1. The highest BCUT2D eigenvalue weighted by Crippen LogP contribution is 2.40. The van der Waals surface area contributed by atoms with Crippen LogP contribution in [-0.2, 0) is 11.4 Å². The summed E-state index contributed by atoms with van der Waals surface area (Å²) in [5, 5.41) is 9.28. The summed E-state index contributed by atoms with van der Waals surface area (Å²) in [6, 6.07) is 17.6. The number of carbonyl (C=O) groups is 2. The summed E-state index contributed by atoms with van der Waals surface area (Å²) in [6.45, 7) is 2.68. The number of aromatic carboxylic acids is 1. The molecule has 0 aromatic heterocycles. The first-order valence-electron chi connectivity index (χ1n) is 10.7. The Balaban J connectivity index is 1.60. The lowest BCUT2D eigenvalue weighted by Gasteiger charge is -2.15. The number of anilines is 1. The molecule has 1 aliphatic rings. The molecule has 0 unspecified atom stereocenters. The predicted octanol–water partition coefficient (Wildman–Crippen LogP) is 7.29. The van der Waals surface area contributed by atoms with Crippen LogP contribution in [0.3, 0.4) is 0 Å². The molecule has 1 aliphatic heterocycles. The van der Waals surface area contributed by atoms with Crippen LogP contribution in [0.5, 0.6) is 11.5 Å². The van der Waals surface area contributed by atoms with Crippen LogP contribution in [0.15, 0.2) is 74.5 Å². The Bertz CT molecular complexity index is 1380. The molecule has 6 nitrogen and oxygen atoms in total. The molecule has 0 bridgehead atoms. The molecular weight excluding hydrogens is 630 g/mol. The van der Waals surface area contributed by atoms with Gasteiger partial charge in [0.05, 0.1) is 27.2 Å². The summed E-state index contributed by atoms with van der Waals surface area (Å²) in [5.74, 6) is -0.291. The van der Waals surface area contributed by atoms with Crippen LogP contribution in [0.4, 0.5) is 5.69 Å². The smallest absolute Gasteiger partial charge is 0.335 e. The standard InChI is InChI=1S/C26H19Br2NO5S2/c1-2-33-21-11-16(10-20(28)23(21)34-14-15-6-8-18(27)9-7-15)12-22-24(30)29(26(35)36-22)19-5-3-4-17(13-19)25(31)32/h3-13H,2,14H2,1H3,(H,31,32)/b22-12+. The van der Waals surface area contributed by atoms with Crippen molar-refractivity contribution in [1.82, 2.24) is 0 Å². The fraction of sp³-hybridized carbons (Fsp3) is 0.115. The molecule has 1 fully saturated rings. The number of nitrogens with zero attached hydrogens (tertiary/aromatic N) is 1. The number of rotatable bonds is 8. The minimum atomic E-state index is -1.08. The van der Waals surface area contributed by atoms with E-state index in [2.05, 4.69) is 31.9 Å². The fourth-order valence-electron chi connectivity index (χ4n) is 3.43. The maximum Gasteiger partial charge on any atom is 0.335 e. The Morgan fingerprint density at radius 1 is 1.11 bits per heavy atom. The van der Waals surface area contributed by atoms with Crippen LogP contribution < -0.4 is 14.4 Å². The first-order valence-corrected chi connectivity index (χ1v) is 13.5. The normalized spacial score (nSPS) is 14.4. The zero-order valence-electron chi connectivity index (χ0n) is 18.9. The number of hydrogen-bond donors (Lipinski definition) is 1. The van der Waals surface area contributed by atoms with Gasteiger partial charge < -0.3 is 14.6 Å². The van der Waals surface area contributed by atoms with Crippen LogP contribution in [0.25, 0.3) is 6.08 Å². The number of carboxylic acids is 1. The van der Waals surface area contributed by atoms with Gasteiger partial charge in [0.1, 0.15) is 6.61 Å². The Kier molecular flexibility index (Phi) is 8.50. The first kappa shape index (κ1) is 26.4. The topological polar surface area (TPSA) is 76.1 Å². The van der Waals surface area contributed by atoms with Crippen LogP contribution in [0.2, 0.25) is 0 Å². The Morgan fingerprint density at radius 3 is 2.56 bits per heavy atom. The van der Waals surface area contributed by atoms with Crippen LogP contribution in [-0.4, -0.2) is 27.9 Å². The lowest BCUT2D eigenvalue weighted by atomic mass is 10.1. The minimum absolute atomic E-state index is 0.0783. The van der Waals surface area contributed by atoms with Crippen molar-refractivity contribution in [3.63, 3.8) is 0 Å². The minimum Gasteiger partial charge on any atom is -0.490 e. The molecule has 3 aromatic carbocycles. The molecule has 184 valence electrons. The Labute approximate surface area is 234 Å². The second-order valence-electron chi connectivity index (χ2n) is 7.55. The van der Waals surface area contributed by atoms with Gasteiger partial charge in [-0.1, -0.05) is 58.1 Å². The van der Waals surface area contributed by atoms with E-state index < -0.39 is 5.97 Å². The van der Waals surface area contributed by atoms with E-state index in [1.807, 2.05) is 43.3 Å². The molecule has 1 heterocycles. The number of carboxylic acid groups (broad SMARTS) is 1. The summed E-state index contributed by atoms with van der Waals surface area (Å²) in [4.78, 5) is 26.3. The highest BCUT2D eigenvalue weighted by atomic mass is 79.9. The number of amides is 1. The Hall–Kier alpha value is -2.66. The molecule has 36 heavy (non-hydrogen) atoms. The van der Waals surface area contributed by atoms with Crippen molar-refractivity contribution in [2.45, 2.75) is 13.5 Å². The average molecular weight is 649 g/mol. The highest BCUT2D eigenvalue weighted by Gasteiger charge is 2.33. The van der Waals surface area contributed by atoms with Gasteiger partial charge in [-0.2, -0.15) is 0 Å². The molecule has 3 aromatic rings. The van der Waals surface area contributed by atoms with Gasteiger partial charge in [-0.05, 0) is 82.5 Å². The summed E-state index contributed by atoms with van der Waals surface area (Å²) < 4.78 is 13.9. The van der Waals surface area contributed by atoms with Gasteiger partial charge in [0.25, 0.3) is 5.91 Å². The number of hydrogen-bond acceptors (Lipinski definition) is 6. The molecule has 10 heteroatoms. The van der Waals surface area contributed by atoms with Crippen molar-refractivity contribution in [2.75, 3.05) is 11.5 Å². The monoisotopic (exact) mass is 647 g/mol. The molecule has 0 aliphatic carbocycles. The third-order valence-corrected chi connectivity index (χ3v) is 7.49. The van der Waals surface area contributed by atoms with Crippen LogP contribution >= 0.6 is 55.8 Å². The fourth-order valence-corrected chi connectivity index (χ4v) is 5.57. The third kappa shape index (κ3) is 6.00. The van der Waals surface area contributed by atoms with Crippen molar-refractivity contribution in [3.05, 3.63) is 91.2 Å². The molecule has 0 atom stereocenters. The molecule has 0 spiro atoms. The third-order valence-electron chi connectivity index (χ3n) is 5.07. The molecule has 1 saturated heterocycles. The van der Waals surface area contributed by atoms with Crippen molar-refractivity contribution < 1.29 is 24.2 Å². The van der Waals surface area contributed by atoms with Gasteiger partial charge in [-0.15, -0.1) is 0 Å². The summed E-state index contributed by atoms with van der Waals surface area (Å²) in [5.41, 5.74) is 2.22. The lowest BCUT2D eigenvalue weighted by Crippen LogP contribution is -2.27. The number of halogens is 2. The van der Waals surface area contributed by atoms with Crippen molar-refractivity contribution in [1.29, 1.82) is 0 Å². The predicted molar refractivity (Wildman–Crippen MR) is 153 cm³/mol. The van der Waals surface area contributed by atoms with E-state index >= 15 is 0 Å². The van der Waals surface area contributed by atoms with E-state index in [-0.39, 0.29) is 11.5 Å². The summed E-state index contributed by atoms with van der Waals surface area (Å²) in [7, 11) is 0. The highest BCUT2D eigenvalue weighted by molar-refractivity contribution is 9.10. The van der Waals surface area contributed by atoms with Crippen molar-refractivity contribution >= 4 is 83.8 Å². The van der Waals surface area contributed by atoms with E-state index in [1.54, 1.807) is 18.2 Å². The molecule has 1 amide bonds. The van der Waals surface area contributed by atoms with E-state index in [1.165, 1.54) is 17.0 Å². The number of benzene rings is 3. The summed E-state index contributed by atoms with van der Waals surface area (Å²) in [6.07, 6.45) is 1.73. The number of carbonyl (C=O) groups excluding carboxylic acids is 1. The van der Waals surface area contributed by atoms with Gasteiger partial charge in [-0.3, -0.25) is 9.69 Å². The number of thioether (sulfide) groups is 1. The second kappa shape index (κ2) is 11.6. The molecular formula is C26H19Br2NO5S2. The van der Waals surface area contributed by atoms with E-state index in [9.17, 15) is 14.7 Å². The summed E-state index contributed by atoms with van der Waals surface area (Å²) >= 11 is 13.6. The van der Waals surface area contributed by atoms with Gasteiger partial charge in [-0.25, -0.2) is 4.79 Å². The molecule has 4 rings (SSSR count). The van der Waals surface area contributed by atoms with E-state index in [4.69, 9.17) is 21.7 Å².